The largest absolute Gasteiger partial charge is 0.486 e. The molecule has 2 nitrogen and oxygen atoms in total. The van der Waals surface area contributed by atoms with Crippen molar-refractivity contribution < 1.29 is 4.74 Å². The molecule has 0 aliphatic carbocycles. The number of benzene rings is 2. The van der Waals surface area contributed by atoms with Gasteiger partial charge >= 0.3 is 0 Å². The molecule has 0 spiro atoms. The Morgan fingerprint density at radius 1 is 1.19 bits per heavy atom. The van der Waals surface area contributed by atoms with Crippen molar-refractivity contribution in [1.29, 1.82) is 0 Å². The molecular formula is C17H16BrNOS. The summed E-state index contributed by atoms with van der Waals surface area (Å²) < 4.78 is 6.92. The number of nitrogens with zero attached hydrogens (tertiary/aromatic N) is 1. The van der Waals surface area contributed by atoms with E-state index in [0.717, 1.165) is 28.8 Å². The molecule has 0 radical (unpaired) electrons. The minimum atomic E-state index is 0.511. The van der Waals surface area contributed by atoms with E-state index in [1.807, 2.05) is 18.2 Å². The lowest BCUT2D eigenvalue weighted by molar-refractivity contribution is 0.300. The van der Waals surface area contributed by atoms with E-state index in [2.05, 4.69) is 51.4 Å². The molecular weight excluding hydrogens is 346 g/mol. The summed E-state index contributed by atoms with van der Waals surface area (Å²) in [6.07, 6.45) is 2.17. The van der Waals surface area contributed by atoms with Gasteiger partial charge in [-0.15, -0.1) is 11.3 Å². The van der Waals surface area contributed by atoms with E-state index in [1.54, 1.807) is 11.3 Å². The van der Waals surface area contributed by atoms with Crippen LogP contribution >= 0.6 is 27.3 Å². The number of hydrogen-bond donors (Lipinski definition) is 0. The van der Waals surface area contributed by atoms with Gasteiger partial charge in [-0.25, -0.2) is 4.98 Å². The molecule has 0 saturated carbocycles. The zero-order valence-electron chi connectivity index (χ0n) is 11.8. The maximum Gasteiger partial charge on any atom is 0.134 e. The topological polar surface area (TPSA) is 22.1 Å². The van der Waals surface area contributed by atoms with Crippen molar-refractivity contribution in [2.45, 2.75) is 26.4 Å². The van der Waals surface area contributed by atoms with Gasteiger partial charge in [0.2, 0.25) is 0 Å². The molecule has 0 aliphatic heterocycles. The van der Waals surface area contributed by atoms with Crippen LogP contribution in [0.5, 0.6) is 5.75 Å². The van der Waals surface area contributed by atoms with Crippen molar-refractivity contribution in [3.8, 4) is 5.75 Å². The summed E-state index contributed by atoms with van der Waals surface area (Å²) in [5, 5.41) is 5.64. The van der Waals surface area contributed by atoms with E-state index >= 15 is 0 Å². The first-order valence-corrected chi connectivity index (χ1v) is 8.68. The predicted octanol–water partition coefficient (Wildman–Crippen LogP) is 5.59. The number of fused-ring (bicyclic) bond motifs is 1. The Bertz CT molecular complexity index is 753. The van der Waals surface area contributed by atoms with Crippen LogP contribution in [-0.4, -0.2) is 4.98 Å². The summed E-state index contributed by atoms with van der Waals surface area (Å²) in [5.74, 6) is 0.860. The number of halogens is 1. The number of hydrogen-bond acceptors (Lipinski definition) is 3. The van der Waals surface area contributed by atoms with Crippen molar-refractivity contribution in [3.63, 3.8) is 0 Å². The summed E-state index contributed by atoms with van der Waals surface area (Å²) in [4.78, 5) is 4.59. The quantitative estimate of drug-likeness (QED) is 0.590. The van der Waals surface area contributed by atoms with Gasteiger partial charge < -0.3 is 4.74 Å². The Balaban J connectivity index is 1.76. The number of rotatable bonds is 5. The Kier molecular flexibility index (Phi) is 4.56. The smallest absolute Gasteiger partial charge is 0.134 e. The second-order valence-electron chi connectivity index (χ2n) is 4.87. The highest BCUT2D eigenvalue weighted by Gasteiger charge is 2.07. The van der Waals surface area contributed by atoms with Crippen LogP contribution in [0.2, 0.25) is 0 Å². The van der Waals surface area contributed by atoms with Crippen molar-refractivity contribution >= 4 is 38.0 Å². The van der Waals surface area contributed by atoms with Crippen LogP contribution in [0.25, 0.3) is 10.8 Å². The van der Waals surface area contributed by atoms with Crippen LogP contribution in [0.3, 0.4) is 0 Å². The summed E-state index contributed by atoms with van der Waals surface area (Å²) >= 11 is 5.36. The third-order valence-corrected chi connectivity index (χ3v) is 5.04. The number of aromatic nitrogens is 1. The van der Waals surface area contributed by atoms with Crippen LogP contribution in [0, 0.1) is 0 Å². The minimum absolute atomic E-state index is 0.511. The lowest BCUT2D eigenvalue weighted by atomic mass is 10.1. The lowest BCUT2D eigenvalue weighted by Crippen LogP contribution is -1.97. The summed E-state index contributed by atoms with van der Waals surface area (Å²) in [6, 6.07) is 12.4. The maximum atomic E-state index is 5.92. The van der Waals surface area contributed by atoms with E-state index < -0.39 is 0 Å². The molecule has 0 atom stereocenters. The average molecular weight is 362 g/mol. The first-order chi connectivity index (χ1) is 10.3. The summed E-state index contributed by atoms with van der Waals surface area (Å²) in [5.41, 5.74) is 1.00. The number of aryl methyl sites for hydroxylation is 1. The maximum absolute atomic E-state index is 5.92. The molecule has 0 bridgehead atoms. The third kappa shape index (κ3) is 3.27. The molecule has 0 fully saturated rings. The van der Waals surface area contributed by atoms with Gasteiger partial charge in [-0.05, 0) is 45.6 Å². The van der Waals surface area contributed by atoms with Gasteiger partial charge in [0.25, 0.3) is 0 Å². The van der Waals surface area contributed by atoms with Gasteiger partial charge in [-0.3, -0.25) is 0 Å². The molecule has 0 saturated heterocycles. The standard InChI is InChI=1S/C17H16BrNOS/c1-2-5-16-19-13(11-21-16)10-20-15-9-8-12-6-3-4-7-14(12)17(15)18/h3-4,6-9,11H,2,5,10H2,1H3. The van der Waals surface area contributed by atoms with Crippen molar-refractivity contribution in [2.24, 2.45) is 0 Å². The van der Waals surface area contributed by atoms with E-state index in [0.29, 0.717) is 6.61 Å². The summed E-state index contributed by atoms with van der Waals surface area (Å²) in [7, 11) is 0. The van der Waals surface area contributed by atoms with E-state index in [-0.39, 0.29) is 0 Å². The van der Waals surface area contributed by atoms with Gasteiger partial charge in [0.15, 0.2) is 0 Å². The molecule has 3 rings (SSSR count). The fraction of sp³-hybridized carbons (Fsp3) is 0.235. The van der Waals surface area contributed by atoms with Crippen LogP contribution < -0.4 is 4.74 Å². The third-order valence-electron chi connectivity index (χ3n) is 3.27. The zero-order chi connectivity index (χ0) is 14.7. The number of ether oxygens (including phenoxy) is 1. The van der Waals surface area contributed by atoms with Crippen LogP contribution in [0.15, 0.2) is 46.3 Å². The van der Waals surface area contributed by atoms with Gasteiger partial charge in [0.05, 0.1) is 15.2 Å². The van der Waals surface area contributed by atoms with E-state index in [4.69, 9.17) is 4.74 Å². The van der Waals surface area contributed by atoms with Gasteiger partial charge in [0.1, 0.15) is 12.4 Å². The van der Waals surface area contributed by atoms with E-state index in [1.165, 1.54) is 15.8 Å². The molecule has 108 valence electrons. The molecule has 0 unspecified atom stereocenters. The highest BCUT2D eigenvalue weighted by atomic mass is 79.9. The average Bonchev–Trinajstić information content (AvgIpc) is 2.95. The molecule has 1 heterocycles. The molecule has 21 heavy (non-hydrogen) atoms. The first kappa shape index (κ1) is 14.5. The fourth-order valence-electron chi connectivity index (χ4n) is 2.22. The Hall–Kier alpha value is -1.39. The molecule has 0 N–H and O–H groups in total. The van der Waals surface area contributed by atoms with Crippen molar-refractivity contribution in [2.75, 3.05) is 0 Å². The molecule has 3 aromatic rings. The lowest BCUT2D eigenvalue weighted by Gasteiger charge is -2.09. The fourth-order valence-corrected chi connectivity index (χ4v) is 3.71. The summed E-state index contributed by atoms with van der Waals surface area (Å²) in [6.45, 7) is 2.68. The second kappa shape index (κ2) is 6.58. The molecule has 4 heteroatoms. The van der Waals surface area contributed by atoms with Crippen LogP contribution in [0.4, 0.5) is 0 Å². The SMILES string of the molecule is CCCc1nc(COc2ccc3ccccc3c2Br)cs1. The molecule has 0 aliphatic rings. The Morgan fingerprint density at radius 3 is 2.90 bits per heavy atom. The first-order valence-electron chi connectivity index (χ1n) is 7.01. The van der Waals surface area contributed by atoms with Crippen LogP contribution in [0.1, 0.15) is 24.0 Å². The normalized spacial score (nSPS) is 11.0. The van der Waals surface area contributed by atoms with Crippen LogP contribution in [-0.2, 0) is 13.0 Å². The molecule has 1 aromatic heterocycles. The van der Waals surface area contributed by atoms with E-state index in [9.17, 15) is 0 Å². The Morgan fingerprint density at radius 2 is 2.05 bits per heavy atom. The zero-order valence-corrected chi connectivity index (χ0v) is 14.2. The molecule has 2 aromatic carbocycles. The predicted molar refractivity (Wildman–Crippen MR) is 92.1 cm³/mol. The monoisotopic (exact) mass is 361 g/mol. The second-order valence-corrected chi connectivity index (χ2v) is 6.61. The minimum Gasteiger partial charge on any atom is -0.486 e. The highest BCUT2D eigenvalue weighted by Crippen LogP contribution is 2.33. The Labute approximate surface area is 136 Å². The van der Waals surface area contributed by atoms with Gasteiger partial charge in [-0.2, -0.15) is 0 Å². The van der Waals surface area contributed by atoms with Crippen molar-refractivity contribution in [1.82, 2.24) is 4.98 Å². The van der Waals surface area contributed by atoms with Crippen molar-refractivity contribution in [3.05, 3.63) is 57.0 Å². The number of thiazole rings is 1. The molecule has 0 amide bonds. The van der Waals surface area contributed by atoms with Gasteiger partial charge in [-0.1, -0.05) is 37.3 Å². The van der Waals surface area contributed by atoms with Gasteiger partial charge in [0, 0.05) is 5.38 Å². The highest BCUT2D eigenvalue weighted by molar-refractivity contribution is 9.10.